The normalized spacial score (nSPS) is 11.1. The monoisotopic (exact) mass is 414 g/mol. The van der Waals surface area contributed by atoms with Crippen LogP contribution in [0.3, 0.4) is 0 Å². The van der Waals surface area contributed by atoms with Gasteiger partial charge in [0.25, 0.3) is 0 Å². The molecule has 0 spiro atoms. The molecule has 0 aromatic heterocycles. The van der Waals surface area contributed by atoms with Gasteiger partial charge in [0.1, 0.15) is 0 Å². The number of hydrogen-bond donors (Lipinski definition) is 2. The number of nitrogens with one attached hydrogen (secondary N) is 2. The van der Waals surface area contributed by atoms with E-state index in [-0.39, 0.29) is 0 Å². The summed E-state index contributed by atoms with van der Waals surface area (Å²) >= 11 is 0. The van der Waals surface area contributed by atoms with Gasteiger partial charge in [-0.15, -0.1) is 0 Å². The standard InChI is InChI=1S/C23H34N4O3/c1-8-24-23(26-15-18-9-10-19(27(3)4)11-16(18)2)25-14-17-12-20(28-5)22(30-7)21(13-17)29-6/h9-13H,8,14-15H2,1-7H3,(H2,24,25,26). The summed E-state index contributed by atoms with van der Waals surface area (Å²) in [5, 5.41) is 6.71. The minimum atomic E-state index is 0.477. The Balaban J connectivity index is 2.15. The van der Waals surface area contributed by atoms with Crippen LogP contribution in [0.5, 0.6) is 17.2 Å². The van der Waals surface area contributed by atoms with Gasteiger partial charge in [-0.3, -0.25) is 0 Å². The maximum atomic E-state index is 5.43. The molecule has 2 aromatic rings. The molecule has 0 fully saturated rings. The first-order valence-electron chi connectivity index (χ1n) is 10.0. The van der Waals surface area contributed by atoms with Crippen molar-refractivity contribution in [3.8, 4) is 17.2 Å². The van der Waals surface area contributed by atoms with Gasteiger partial charge in [0.15, 0.2) is 17.5 Å². The second kappa shape index (κ2) is 11.2. The van der Waals surface area contributed by atoms with Gasteiger partial charge in [0, 0.05) is 32.9 Å². The number of benzene rings is 2. The third-order valence-corrected chi connectivity index (χ3v) is 4.78. The van der Waals surface area contributed by atoms with Crippen LogP contribution in [0.2, 0.25) is 0 Å². The number of rotatable bonds is 9. The number of nitrogens with zero attached hydrogens (tertiary/aromatic N) is 2. The molecule has 0 amide bonds. The Bertz CT molecular complexity index is 841. The average Bonchev–Trinajstić information content (AvgIpc) is 2.75. The summed E-state index contributed by atoms with van der Waals surface area (Å²) in [4.78, 5) is 6.82. The molecule has 7 heteroatoms. The van der Waals surface area contributed by atoms with Crippen molar-refractivity contribution in [1.29, 1.82) is 0 Å². The van der Waals surface area contributed by atoms with Gasteiger partial charge in [-0.25, -0.2) is 4.99 Å². The maximum Gasteiger partial charge on any atom is 0.203 e. The van der Waals surface area contributed by atoms with Gasteiger partial charge in [-0.2, -0.15) is 0 Å². The second-order valence-electron chi connectivity index (χ2n) is 7.09. The van der Waals surface area contributed by atoms with Gasteiger partial charge < -0.3 is 29.7 Å². The SMILES string of the molecule is CCNC(=NCc1cc(OC)c(OC)c(OC)c1)NCc1ccc(N(C)C)cc1C. The predicted molar refractivity (Wildman–Crippen MR) is 123 cm³/mol. The molecule has 0 saturated carbocycles. The molecule has 0 aliphatic carbocycles. The van der Waals surface area contributed by atoms with E-state index in [1.165, 1.54) is 16.8 Å². The molecule has 0 bridgehead atoms. The van der Waals surface area contributed by atoms with E-state index in [0.29, 0.717) is 30.3 Å². The fourth-order valence-electron chi connectivity index (χ4n) is 3.07. The molecule has 0 radical (unpaired) electrons. The lowest BCUT2D eigenvalue weighted by Crippen LogP contribution is -2.37. The zero-order valence-electron chi connectivity index (χ0n) is 19.1. The van der Waals surface area contributed by atoms with Crippen LogP contribution >= 0.6 is 0 Å². The van der Waals surface area contributed by atoms with Crippen LogP contribution in [0.25, 0.3) is 0 Å². The molecule has 0 saturated heterocycles. The highest BCUT2D eigenvalue weighted by molar-refractivity contribution is 5.79. The van der Waals surface area contributed by atoms with E-state index < -0.39 is 0 Å². The molecule has 30 heavy (non-hydrogen) atoms. The number of methoxy groups -OCH3 is 3. The molecule has 2 aromatic carbocycles. The molecule has 164 valence electrons. The van der Waals surface area contributed by atoms with Crippen molar-refractivity contribution in [3.63, 3.8) is 0 Å². The van der Waals surface area contributed by atoms with E-state index in [2.05, 4.69) is 40.7 Å². The fraction of sp³-hybridized carbons (Fsp3) is 0.435. The lowest BCUT2D eigenvalue weighted by Gasteiger charge is -2.17. The number of aryl methyl sites for hydroxylation is 1. The fourth-order valence-corrected chi connectivity index (χ4v) is 3.07. The molecular weight excluding hydrogens is 380 g/mol. The van der Waals surface area contributed by atoms with E-state index in [1.54, 1.807) is 21.3 Å². The number of aliphatic imine (C=N–C) groups is 1. The summed E-state index contributed by atoms with van der Waals surface area (Å²) in [6, 6.07) is 10.3. The largest absolute Gasteiger partial charge is 0.493 e. The Morgan fingerprint density at radius 2 is 1.63 bits per heavy atom. The first kappa shape index (κ1) is 23.2. The van der Waals surface area contributed by atoms with E-state index in [9.17, 15) is 0 Å². The maximum absolute atomic E-state index is 5.43. The number of guanidine groups is 1. The van der Waals surface area contributed by atoms with Crippen LogP contribution in [-0.4, -0.2) is 47.9 Å². The van der Waals surface area contributed by atoms with Crippen LogP contribution in [0.15, 0.2) is 35.3 Å². The Morgan fingerprint density at radius 1 is 0.967 bits per heavy atom. The van der Waals surface area contributed by atoms with Crippen molar-refractivity contribution in [3.05, 3.63) is 47.0 Å². The topological polar surface area (TPSA) is 67.4 Å². The number of hydrogen-bond acceptors (Lipinski definition) is 5. The Morgan fingerprint density at radius 3 is 2.13 bits per heavy atom. The van der Waals surface area contributed by atoms with Crippen molar-refractivity contribution < 1.29 is 14.2 Å². The highest BCUT2D eigenvalue weighted by atomic mass is 16.5. The van der Waals surface area contributed by atoms with Gasteiger partial charge >= 0.3 is 0 Å². The smallest absolute Gasteiger partial charge is 0.203 e. The summed E-state index contributed by atoms with van der Waals surface area (Å²) in [6.45, 7) is 6.13. The van der Waals surface area contributed by atoms with Crippen LogP contribution in [0, 0.1) is 6.92 Å². The number of ether oxygens (including phenoxy) is 3. The van der Waals surface area contributed by atoms with Crippen LogP contribution < -0.4 is 29.7 Å². The third-order valence-electron chi connectivity index (χ3n) is 4.78. The van der Waals surface area contributed by atoms with E-state index in [0.717, 1.165) is 18.1 Å². The second-order valence-corrected chi connectivity index (χ2v) is 7.09. The quantitative estimate of drug-likeness (QED) is 0.485. The van der Waals surface area contributed by atoms with E-state index >= 15 is 0 Å². The molecule has 2 rings (SSSR count). The van der Waals surface area contributed by atoms with Crippen LogP contribution in [-0.2, 0) is 13.1 Å². The highest BCUT2D eigenvalue weighted by Crippen LogP contribution is 2.38. The zero-order chi connectivity index (χ0) is 22.1. The first-order valence-corrected chi connectivity index (χ1v) is 10.0. The first-order chi connectivity index (χ1) is 14.4. The Labute approximate surface area is 180 Å². The van der Waals surface area contributed by atoms with Crippen molar-refractivity contribution in [2.24, 2.45) is 4.99 Å². The van der Waals surface area contributed by atoms with Crippen LogP contribution in [0.4, 0.5) is 5.69 Å². The molecule has 0 unspecified atom stereocenters. The summed E-state index contributed by atoms with van der Waals surface area (Å²) in [5.74, 6) is 2.57. The van der Waals surface area contributed by atoms with Crippen LogP contribution in [0.1, 0.15) is 23.6 Å². The Hall–Kier alpha value is -3.09. The van der Waals surface area contributed by atoms with Crippen molar-refractivity contribution >= 4 is 11.6 Å². The summed E-state index contributed by atoms with van der Waals surface area (Å²) in [5.41, 5.74) is 4.64. The molecule has 0 aliphatic heterocycles. The van der Waals surface area contributed by atoms with Gasteiger partial charge in [-0.1, -0.05) is 6.07 Å². The molecule has 0 atom stereocenters. The van der Waals surface area contributed by atoms with Crippen molar-refractivity contribution in [2.75, 3.05) is 46.9 Å². The highest BCUT2D eigenvalue weighted by Gasteiger charge is 2.13. The predicted octanol–water partition coefficient (Wildman–Crippen LogP) is 3.34. The molecule has 2 N–H and O–H groups in total. The minimum absolute atomic E-state index is 0.477. The van der Waals surface area contributed by atoms with Gasteiger partial charge in [0.05, 0.1) is 27.9 Å². The Kier molecular flexibility index (Phi) is 8.65. The molecule has 0 aliphatic rings. The molecule has 0 heterocycles. The molecular formula is C23H34N4O3. The summed E-state index contributed by atoms with van der Waals surface area (Å²) in [7, 11) is 8.91. The van der Waals surface area contributed by atoms with Gasteiger partial charge in [0.2, 0.25) is 5.75 Å². The third kappa shape index (κ3) is 5.95. The summed E-state index contributed by atoms with van der Waals surface area (Å²) < 4.78 is 16.2. The van der Waals surface area contributed by atoms with Gasteiger partial charge in [-0.05, 0) is 54.8 Å². The zero-order valence-corrected chi connectivity index (χ0v) is 19.1. The lowest BCUT2D eigenvalue weighted by atomic mass is 10.1. The van der Waals surface area contributed by atoms with E-state index in [1.807, 2.05) is 33.2 Å². The minimum Gasteiger partial charge on any atom is -0.493 e. The van der Waals surface area contributed by atoms with Crippen molar-refractivity contribution in [1.82, 2.24) is 10.6 Å². The number of anilines is 1. The average molecular weight is 415 g/mol. The van der Waals surface area contributed by atoms with Crippen molar-refractivity contribution in [2.45, 2.75) is 26.9 Å². The summed E-state index contributed by atoms with van der Waals surface area (Å²) in [6.07, 6.45) is 0. The molecule has 7 nitrogen and oxygen atoms in total. The van der Waals surface area contributed by atoms with E-state index in [4.69, 9.17) is 19.2 Å². The lowest BCUT2D eigenvalue weighted by molar-refractivity contribution is 0.324.